The number of anilines is 1. The van der Waals surface area contributed by atoms with Gasteiger partial charge in [0.05, 0.1) is 11.1 Å². The van der Waals surface area contributed by atoms with E-state index < -0.39 is 10.0 Å². The summed E-state index contributed by atoms with van der Waals surface area (Å²) in [6.45, 7) is 0.788. The fourth-order valence-corrected chi connectivity index (χ4v) is 4.40. The highest BCUT2D eigenvalue weighted by molar-refractivity contribution is 7.90. The van der Waals surface area contributed by atoms with Gasteiger partial charge in [-0.15, -0.1) is 4.40 Å². The van der Waals surface area contributed by atoms with E-state index in [9.17, 15) is 13.2 Å². The van der Waals surface area contributed by atoms with E-state index >= 15 is 0 Å². The minimum absolute atomic E-state index is 0.0309. The third-order valence-electron chi connectivity index (χ3n) is 4.94. The molecule has 1 fully saturated rings. The number of benzene rings is 2. The molecule has 2 heterocycles. The minimum atomic E-state index is -3.86. The van der Waals surface area contributed by atoms with Crippen molar-refractivity contribution in [2.45, 2.75) is 17.7 Å². The van der Waals surface area contributed by atoms with Gasteiger partial charge in [0.2, 0.25) is 0 Å². The molecule has 0 bridgehead atoms. The lowest BCUT2D eigenvalue weighted by Crippen LogP contribution is -2.20. The summed E-state index contributed by atoms with van der Waals surface area (Å²) in [6, 6.07) is 16.2. The number of hydrogen-bond acceptors (Lipinski definition) is 5. The van der Waals surface area contributed by atoms with Crippen LogP contribution in [0, 0.1) is 0 Å². The molecule has 8 nitrogen and oxygen atoms in total. The summed E-state index contributed by atoms with van der Waals surface area (Å²) in [4.78, 5) is 18.5. The highest BCUT2D eigenvalue weighted by Crippen LogP contribution is 2.23. The molecule has 32 heavy (non-hydrogen) atoms. The molecule has 4 rings (SSSR count). The van der Waals surface area contributed by atoms with Crippen LogP contribution in [0.15, 0.2) is 82.4 Å². The van der Waals surface area contributed by atoms with Gasteiger partial charge in [-0.1, -0.05) is 6.07 Å². The van der Waals surface area contributed by atoms with Crippen LogP contribution in [0.3, 0.4) is 0 Å². The summed E-state index contributed by atoms with van der Waals surface area (Å²) in [5, 5.41) is 2.73. The van der Waals surface area contributed by atoms with Crippen molar-refractivity contribution in [1.82, 2.24) is 9.88 Å². The molecule has 0 atom stereocenters. The normalized spacial score (nSPS) is 15.0. The van der Waals surface area contributed by atoms with Crippen molar-refractivity contribution >= 4 is 27.5 Å². The van der Waals surface area contributed by atoms with E-state index in [2.05, 4.69) is 14.7 Å². The maximum atomic E-state index is 12.7. The molecule has 2 aromatic carbocycles. The Kier molecular flexibility index (Phi) is 6.18. The number of pyridine rings is 1. The van der Waals surface area contributed by atoms with Crippen LogP contribution in [0.1, 0.15) is 23.2 Å². The van der Waals surface area contributed by atoms with Gasteiger partial charge >= 0.3 is 0 Å². The molecule has 0 saturated carbocycles. The predicted molar refractivity (Wildman–Crippen MR) is 122 cm³/mol. The number of ether oxygens (including phenoxy) is 1. The molecule has 1 aliphatic rings. The molecule has 1 aliphatic heterocycles. The molecule has 164 valence electrons. The quantitative estimate of drug-likeness (QED) is 0.611. The van der Waals surface area contributed by atoms with E-state index in [4.69, 9.17) is 4.74 Å². The number of nitrogens with one attached hydrogen (secondary N) is 1. The topological polar surface area (TPSA) is 101 Å². The first kappa shape index (κ1) is 21.5. The van der Waals surface area contributed by atoms with Gasteiger partial charge in [-0.05, 0) is 61.0 Å². The van der Waals surface area contributed by atoms with Crippen LogP contribution >= 0.6 is 0 Å². The summed E-state index contributed by atoms with van der Waals surface area (Å²) >= 11 is 0. The zero-order valence-electron chi connectivity index (χ0n) is 17.4. The van der Waals surface area contributed by atoms with E-state index in [0.29, 0.717) is 35.0 Å². The number of amides is 1. The Labute approximate surface area is 186 Å². The average molecular weight is 451 g/mol. The van der Waals surface area contributed by atoms with Crippen molar-refractivity contribution in [3.8, 4) is 11.5 Å². The molecule has 0 aliphatic carbocycles. The predicted octanol–water partition coefficient (Wildman–Crippen LogP) is 3.94. The number of carbonyl (C=O) groups is 1. The van der Waals surface area contributed by atoms with Crippen molar-refractivity contribution in [2.75, 3.05) is 18.9 Å². The van der Waals surface area contributed by atoms with Gasteiger partial charge in [0.25, 0.3) is 15.9 Å². The highest BCUT2D eigenvalue weighted by atomic mass is 32.2. The van der Waals surface area contributed by atoms with Gasteiger partial charge in [-0.2, -0.15) is 8.42 Å². The third kappa shape index (κ3) is 5.12. The Hall–Kier alpha value is -3.72. The number of nitrogens with zero attached hydrogens (tertiary/aromatic N) is 3. The lowest BCUT2D eigenvalue weighted by molar-refractivity contribution is 0.102. The second-order valence-electron chi connectivity index (χ2n) is 7.30. The van der Waals surface area contributed by atoms with Crippen molar-refractivity contribution < 1.29 is 17.9 Å². The third-order valence-corrected chi connectivity index (χ3v) is 6.24. The Morgan fingerprint density at radius 1 is 1.09 bits per heavy atom. The molecule has 3 aromatic rings. The molecule has 9 heteroatoms. The molecule has 1 saturated heterocycles. The summed E-state index contributed by atoms with van der Waals surface area (Å²) < 4.78 is 35.0. The molecule has 1 aromatic heterocycles. The molecule has 0 radical (unpaired) electrons. The Morgan fingerprint density at radius 2 is 1.91 bits per heavy atom. The Morgan fingerprint density at radius 3 is 2.59 bits per heavy atom. The molecule has 0 spiro atoms. The molecule has 1 N–H and O–H groups in total. The first-order valence-corrected chi connectivity index (χ1v) is 11.5. The maximum Gasteiger partial charge on any atom is 0.284 e. The molecular weight excluding hydrogens is 428 g/mol. The van der Waals surface area contributed by atoms with Crippen molar-refractivity contribution in [3.63, 3.8) is 0 Å². The van der Waals surface area contributed by atoms with Crippen molar-refractivity contribution in [3.05, 3.63) is 78.6 Å². The van der Waals surface area contributed by atoms with E-state index in [1.54, 1.807) is 60.9 Å². The number of amidine groups is 1. The number of likely N-dealkylation sites (tertiary alicyclic amines) is 1. The monoisotopic (exact) mass is 450 g/mol. The molecule has 0 unspecified atom stereocenters. The zero-order chi connectivity index (χ0) is 22.6. The first-order chi connectivity index (χ1) is 15.4. The van der Waals surface area contributed by atoms with Crippen molar-refractivity contribution in [2.24, 2.45) is 4.40 Å². The van der Waals surface area contributed by atoms with Crippen LogP contribution in [0.2, 0.25) is 0 Å². The lowest BCUT2D eigenvalue weighted by Gasteiger charge is -2.11. The Balaban J connectivity index is 1.46. The fraction of sp³-hybridized carbons (Fsp3) is 0.174. The number of aromatic nitrogens is 1. The average Bonchev–Trinajstić information content (AvgIpc) is 3.19. The number of carbonyl (C=O) groups excluding carboxylic acids is 1. The van der Waals surface area contributed by atoms with Gasteiger partial charge in [0, 0.05) is 37.5 Å². The standard InChI is InChI=1S/C23H22N4O4S/c1-27-14-4-8-22(27)26-32(29,30)21-7-2-5-18(15-21)25-23(28)17-9-11-19(12-10-17)31-20-6-3-13-24-16-20/h2-3,5-7,9-13,15-16H,4,8,14H2,1H3,(H,25,28)/b26-22+. The molecular formula is C23H22N4O4S. The van der Waals surface area contributed by atoms with Crippen molar-refractivity contribution in [1.29, 1.82) is 0 Å². The van der Waals surface area contributed by atoms with Crippen LogP contribution < -0.4 is 10.1 Å². The van der Waals surface area contributed by atoms with E-state index in [1.807, 2.05) is 11.9 Å². The SMILES string of the molecule is CN1CCC/C1=N\S(=O)(=O)c1cccc(NC(=O)c2ccc(Oc3cccnc3)cc2)c1. The first-order valence-electron chi connectivity index (χ1n) is 10.0. The van der Waals surface area contributed by atoms with Gasteiger partial charge in [0.15, 0.2) is 0 Å². The minimum Gasteiger partial charge on any atom is -0.456 e. The second kappa shape index (κ2) is 9.19. The zero-order valence-corrected chi connectivity index (χ0v) is 18.2. The smallest absolute Gasteiger partial charge is 0.284 e. The van der Waals surface area contributed by atoms with E-state index in [0.717, 1.165) is 13.0 Å². The van der Waals surface area contributed by atoms with Crippen LogP contribution in [0.25, 0.3) is 0 Å². The summed E-state index contributed by atoms with van der Waals surface area (Å²) in [7, 11) is -2.04. The summed E-state index contributed by atoms with van der Waals surface area (Å²) in [5.74, 6) is 1.34. The second-order valence-corrected chi connectivity index (χ2v) is 8.91. The summed E-state index contributed by atoms with van der Waals surface area (Å²) in [5.41, 5.74) is 0.774. The fourth-order valence-electron chi connectivity index (χ4n) is 3.26. The maximum absolute atomic E-state index is 12.7. The number of hydrogen-bond donors (Lipinski definition) is 1. The van der Waals surface area contributed by atoms with Gasteiger partial charge in [0.1, 0.15) is 17.3 Å². The number of rotatable bonds is 6. The van der Waals surface area contributed by atoms with E-state index in [1.165, 1.54) is 12.1 Å². The Bertz CT molecular complexity index is 1240. The number of sulfonamides is 1. The van der Waals surface area contributed by atoms with E-state index in [-0.39, 0.29) is 10.8 Å². The van der Waals surface area contributed by atoms with Gasteiger partial charge < -0.3 is 15.0 Å². The summed E-state index contributed by atoms with van der Waals surface area (Å²) in [6.07, 6.45) is 4.76. The highest BCUT2D eigenvalue weighted by Gasteiger charge is 2.20. The van der Waals surface area contributed by atoms with Crippen LogP contribution in [-0.2, 0) is 10.0 Å². The van der Waals surface area contributed by atoms with Crippen LogP contribution in [0.4, 0.5) is 5.69 Å². The largest absolute Gasteiger partial charge is 0.456 e. The van der Waals surface area contributed by atoms with Crippen LogP contribution in [0.5, 0.6) is 11.5 Å². The van der Waals surface area contributed by atoms with Gasteiger partial charge in [-0.25, -0.2) is 0 Å². The van der Waals surface area contributed by atoms with Crippen LogP contribution in [-0.4, -0.2) is 43.6 Å². The van der Waals surface area contributed by atoms with Gasteiger partial charge in [-0.3, -0.25) is 9.78 Å². The molecule has 1 amide bonds. The lowest BCUT2D eigenvalue weighted by atomic mass is 10.2.